The quantitative estimate of drug-likeness (QED) is 0.369. The van der Waals surface area contributed by atoms with Crippen molar-refractivity contribution in [1.29, 1.82) is 0 Å². The molecule has 0 unspecified atom stereocenters. The van der Waals surface area contributed by atoms with Crippen LogP contribution in [0, 0.1) is 0 Å². The van der Waals surface area contributed by atoms with E-state index in [-0.39, 0.29) is 6.61 Å². The Hall–Kier alpha value is -2.29. The monoisotopic (exact) mass is 487 g/mol. The Morgan fingerprint density at radius 1 is 1.21 bits per heavy atom. The smallest absolute Gasteiger partial charge is 0.329 e. The molecule has 0 aliphatic heterocycles. The van der Waals surface area contributed by atoms with Gasteiger partial charge in [0.25, 0.3) is 0 Å². The number of hydrazone groups is 1. The van der Waals surface area contributed by atoms with Crippen molar-refractivity contribution in [2.75, 3.05) is 14.2 Å². The lowest BCUT2D eigenvalue weighted by Gasteiger charge is -2.14. The first-order valence-corrected chi connectivity index (χ1v) is 9.40. The van der Waals surface area contributed by atoms with Crippen LogP contribution in [0.3, 0.4) is 0 Å². The van der Waals surface area contributed by atoms with Crippen LogP contribution >= 0.6 is 39.1 Å². The van der Waals surface area contributed by atoms with E-state index >= 15 is 0 Å². The number of hydrogen-bond acceptors (Lipinski definition) is 5. The molecule has 0 radical (unpaired) electrons. The van der Waals surface area contributed by atoms with Gasteiger partial charge in [-0.1, -0.05) is 29.3 Å². The van der Waals surface area contributed by atoms with Crippen LogP contribution in [0.1, 0.15) is 11.1 Å². The molecule has 2 aromatic carbocycles. The molecule has 0 bridgehead atoms. The molecule has 0 spiro atoms. The van der Waals surface area contributed by atoms with Crippen LogP contribution in [0.4, 0.5) is 0 Å². The van der Waals surface area contributed by atoms with Crippen molar-refractivity contribution in [3.8, 4) is 11.5 Å². The summed E-state index contributed by atoms with van der Waals surface area (Å²) in [6, 6.07) is 8.57. The number of methoxy groups -OCH3 is 1. The minimum Gasteiger partial charge on any atom is -0.493 e. The zero-order valence-electron chi connectivity index (χ0n) is 14.9. The first-order valence-electron chi connectivity index (χ1n) is 7.85. The van der Waals surface area contributed by atoms with Crippen molar-refractivity contribution in [3.05, 3.63) is 56.0 Å². The topological polar surface area (TPSA) is 89.0 Å². The predicted molar refractivity (Wildman–Crippen MR) is 111 cm³/mol. The van der Waals surface area contributed by atoms with Gasteiger partial charge in [-0.15, -0.1) is 0 Å². The van der Waals surface area contributed by atoms with Gasteiger partial charge in [-0.25, -0.2) is 5.43 Å². The Morgan fingerprint density at radius 3 is 2.50 bits per heavy atom. The van der Waals surface area contributed by atoms with Gasteiger partial charge in [-0.3, -0.25) is 9.59 Å². The van der Waals surface area contributed by atoms with Crippen LogP contribution in [-0.2, 0) is 16.2 Å². The fraction of sp³-hybridized carbons (Fsp3) is 0.167. The largest absolute Gasteiger partial charge is 0.493 e. The predicted octanol–water partition coefficient (Wildman–Crippen LogP) is 3.54. The molecule has 28 heavy (non-hydrogen) atoms. The molecule has 0 aliphatic carbocycles. The number of hydrogen-bond donors (Lipinski definition) is 2. The van der Waals surface area contributed by atoms with Crippen molar-refractivity contribution in [1.82, 2.24) is 10.7 Å². The Labute approximate surface area is 180 Å². The number of halogens is 3. The van der Waals surface area contributed by atoms with Crippen molar-refractivity contribution < 1.29 is 19.1 Å². The zero-order chi connectivity index (χ0) is 20.7. The number of nitrogens with zero attached hydrogens (tertiary/aromatic N) is 1. The summed E-state index contributed by atoms with van der Waals surface area (Å²) >= 11 is 15.7. The second-order valence-electron chi connectivity index (χ2n) is 5.30. The highest BCUT2D eigenvalue weighted by molar-refractivity contribution is 9.10. The van der Waals surface area contributed by atoms with Gasteiger partial charge in [0.2, 0.25) is 0 Å². The fourth-order valence-electron chi connectivity index (χ4n) is 2.10. The fourth-order valence-corrected chi connectivity index (χ4v) is 3.18. The Bertz CT molecular complexity index is 902. The second-order valence-corrected chi connectivity index (χ2v) is 6.97. The van der Waals surface area contributed by atoms with Crippen LogP contribution in [0.5, 0.6) is 11.5 Å². The molecule has 0 saturated carbocycles. The summed E-state index contributed by atoms with van der Waals surface area (Å²) in [4.78, 5) is 22.5. The maximum Gasteiger partial charge on any atom is 0.329 e. The molecule has 148 valence electrons. The van der Waals surface area contributed by atoms with Gasteiger partial charge in [0, 0.05) is 22.7 Å². The molecule has 0 fully saturated rings. The third-order valence-electron chi connectivity index (χ3n) is 3.49. The molecule has 0 atom stereocenters. The Morgan fingerprint density at radius 2 is 1.89 bits per heavy atom. The highest BCUT2D eigenvalue weighted by atomic mass is 79.9. The van der Waals surface area contributed by atoms with Crippen molar-refractivity contribution in [2.24, 2.45) is 5.10 Å². The molecule has 2 rings (SSSR count). The van der Waals surface area contributed by atoms with Crippen molar-refractivity contribution in [3.63, 3.8) is 0 Å². The number of carbonyl (C=O) groups excluding carboxylic acids is 2. The molecule has 2 N–H and O–H groups in total. The number of benzene rings is 2. The first kappa shape index (κ1) is 22.0. The molecule has 7 nitrogen and oxygen atoms in total. The highest BCUT2D eigenvalue weighted by Gasteiger charge is 2.14. The van der Waals surface area contributed by atoms with Crippen molar-refractivity contribution in [2.45, 2.75) is 6.61 Å². The molecule has 0 heterocycles. The number of likely N-dealkylation sites (N-methyl/N-ethyl adjacent to an activating group) is 1. The highest BCUT2D eigenvalue weighted by Crippen LogP contribution is 2.37. The lowest BCUT2D eigenvalue weighted by atomic mass is 10.2. The summed E-state index contributed by atoms with van der Waals surface area (Å²) in [6.07, 6.45) is 1.36. The average molecular weight is 489 g/mol. The van der Waals surface area contributed by atoms with Gasteiger partial charge in [0.1, 0.15) is 6.61 Å². The third kappa shape index (κ3) is 5.60. The van der Waals surface area contributed by atoms with E-state index in [1.807, 2.05) is 0 Å². The molecule has 10 heteroatoms. The van der Waals surface area contributed by atoms with Gasteiger partial charge < -0.3 is 14.8 Å². The van der Waals surface area contributed by atoms with Crippen molar-refractivity contribution >= 4 is 57.2 Å². The molecular formula is C18H16BrCl2N3O4. The van der Waals surface area contributed by atoms with E-state index in [1.165, 1.54) is 20.4 Å². The molecule has 0 aromatic heterocycles. The lowest BCUT2D eigenvalue weighted by Crippen LogP contribution is -2.35. The average Bonchev–Trinajstić information content (AvgIpc) is 2.67. The van der Waals surface area contributed by atoms with Crippen LogP contribution < -0.4 is 20.2 Å². The summed E-state index contributed by atoms with van der Waals surface area (Å²) in [5.74, 6) is -0.791. The van der Waals surface area contributed by atoms with E-state index in [2.05, 4.69) is 31.8 Å². The molecule has 0 saturated heterocycles. The Kier molecular flexibility index (Phi) is 8.10. The van der Waals surface area contributed by atoms with Gasteiger partial charge in [-0.05, 0) is 45.8 Å². The van der Waals surface area contributed by atoms with E-state index in [0.29, 0.717) is 37.1 Å². The minimum absolute atomic E-state index is 0.142. The maximum absolute atomic E-state index is 11.4. The standard InChI is InChI=1S/C18H16BrCl2N3O4/c1-22-17(25)18(26)24-23-8-10-6-12(19)16(15(7-10)27-2)28-9-11-13(20)4-3-5-14(11)21/h3-8H,9H2,1-2H3,(H,22,25)(H,24,26)/b23-8-. The number of rotatable bonds is 6. The number of carbonyl (C=O) groups is 2. The minimum atomic E-state index is -0.874. The maximum atomic E-state index is 11.4. The summed E-state index contributed by atoms with van der Waals surface area (Å²) < 4.78 is 11.8. The van der Waals surface area contributed by atoms with E-state index in [0.717, 1.165) is 0 Å². The Balaban J connectivity index is 2.17. The third-order valence-corrected chi connectivity index (χ3v) is 4.78. The summed E-state index contributed by atoms with van der Waals surface area (Å²) in [7, 11) is 2.84. The molecular weight excluding hydrogens is 473 g/mol. The molecule has 2 aromatic rings. The number of ether oxygens (including phenoxy) is 2. The van der Waals surface area contributed by atoms with Crippen LogP contribution in [0.2, 0.25) is 10.0 Å². The van der Waals surface area contributed by atoms with Gasteiger partial charge in [0.15, 0.2) is 11.5 Å². The first-order chi connectivity index (χ1) is 13.4. The second kappa shape index (κ2) is 10.3. The van der Waals surface area contributed by atoms with E-state index in [9.17, 15) is 9.59 Å². The number of nitrogens with one attached hydrogen (secondary N) is 2. The number of amides is 2. The van der Waals surface area contributed by atoms with Gasteiger partial charge in [0.05, 0.1) is 17.8 Å². The normalized spacial score (nSPS) is 10.6. The summed E-state index contributed by atoms with van der Waals surface area (Å²) in [5.41, 5.74) is 3.37. The molecule has 2 amide bonds. The summed E-state index contributed by atoms with van der Waals surface area (Å²) in [5, 5.41) is 6.93. The van der Waals surface area contributed by atoms with Gasteiger partial charge in [-0.2, -0.15) is 5.10 Å². The zero-order valence-corrected chi connectivity index (χ0v) is 18.0. The van der Waals surface area contributed by atoms with Gasteiger partial charge >= 0.3 is 11.8 Å². The van der Waals surface area contributed by atoms with Crippen LogP contribution in [0.15, 0.2) is 39.9 Å². The van der Waals surface area contributed by atoms with Crippen LogP contribution in [-0.4, -0.2) is 32.2 Å². The van der Waals surface area contributed by atoms with Crippen LogP contribution in [0.25, 0.3) is 0 Å². The summed E-state index contributed by atoms with van der Waals surface area (Å²) in [6.45, 7) is 0.142. The SMILES string of the molecule is CNC(=O)C(=O)N/N=C\c1cc(Br)c(OCc2c(Cl)cccc2Cl)c(OC)c1. The molecule has 0 aliphatic rings. The lowest BCUT2D eigenvalue weighted by molar-refractivity contribution is -0.138. The van der Waals surface area contributed by atoms with E-state index in [4.69, 9.17) is 32.7 Å². The van der Waals surface area contributed by atoms with E-state index in [1.54, 1.807) is 30.3 Å². The van der Waals surface area contributed by atoms with E-state index < -0.39 is 11.8 Å².